The van der Waals surface area contributed by atoms with Crippen LogP contribution in [-0.2, 0) is 0 Å². The largest absolute Gasteiger partial charge is 0.384 e. The van der Waals surface area contributed by atoms with Crippen LogP contribution in [0.3, 0.4) is 0 Å². The van der Waals surface area contributed by atoms with E-state index >= 15 is 0 Å². The molecule has 0 aliphatic heterocycles. The lowest BCUT2D eigenvalue weighted by atomic mass is 10.3. The molecule has 2 rings (SSSR count). The number of nitrogens with zero attached hydrogens (tertiary/aromatic N) is 1. The van der Waals surface area contributed by atoms with Crippen LogP contribution in [0.15, 0.2) is 47.2 Å². The van der Waals surface area contributed by atoms with Crippen molar-refractivity contribution in [2.45, 2.75) is 6.92 Å². The maximum absolute atomic E-state index is 4.19. The molecule has 0 fully saturated rings. The van der Waals surface area contributed by atoms with E-state index in [1.165, 1.54) is 0 Å². The van der Waals surface area contributed by atoms with Gasteiger partial charge in [0.05, 0.1) is 23.8 Å². The molecular weight excluding hydrogens is 278 g/mol. The monoisotopic (exact) mass is 291 g/mol. The van der Waals surface area contributed by atoms with Crippen molar-refractivity contribution in [1.29, 1.82) is 0 Å². The fourth-order valence-electron chi connectivity index (χ4n) is 1.54. The van der Waals surface area contributed by atoms with Gasteiger partial charge in [0.25, 0.3) is 0 Å². The molecule has 0 aliphatic rings. The van der Waals surface area contributed by atoms with Crippen LogP contribution in [-0.4, -0.2) is 11.5 Å². The zero-order valence-electron chi connectivity index (χ0n) is 9.57. The molecule has 0 saturated carbocycles. The highest BCUT2D eigenvalue weighted by Gasteiger charge is 1.97. The second-order valence-corrected chi connectivity index (χ2v) is 4.54. The van der Waals surface area contributed by atoms with Crippen LogP contribution in [0.2, 0.25) is 0 Å². The van der Waals surface area contributed by atoms with Crippen molar-refractivity contribution in [2.24, 2.45) is 0 Å². The molecule has 1 aromatic carbocycles. The normalized spacial score (nSPS) is 10.0. The molecule has 1 aromatic heterocycles. The van der Waals surface area contributed by atoms with Crippen molar-refractivity contribution in [3.05, 3.63) is 47.2 Å². The number of benzene rings is 1. The van der Waals surface area contributed by atoms with Gasteiger partial charge in [0.1, 0.15) is 0 Å². The number of pyridine rings is 1. The Kier molecular flexibility index (Phi) is 3.98. The number of hydrogen-bond acceptors (Lipinski definition) is 3. The summed E-state index contributed by atoms with van der Waals surface area (Å²) in [6.45, 7) is 2.95. The van der Waals surface area contributed by atoms with E-state index in [1.54, 1.807) is 0 Å². The van der Waals surface area contributed by atoms with Gasteiger partial charge in [0.2, 0.25) is 0 Å². The lowest BCUT2D eigenvalue weighted by molar-refractivity contribution is 1.19. The van der Waals surface area contributed by atoms with E-state index in [-0.39, 0.29) is 0 Å². The maximum atomic E-state index is 4.19. The summed E-state index contributed by atoms with van der Waals surface area (Å²) in [5, 5.41) is 6.54. The highest BCUT2D eigenvalue weighted by Crippen LogP contribution is 2.21. The number of rotatable bonds is 4. The highest BCUT2D eigenvalue weighted by atomic mass is 79.9. The van der Waals surface area contributed by atoms with E-state index in [2.05, 4.69) is 38.5 Å². The molecule has 0 bridgehead atoms. The van der Waals surface area contributed by atoms with E-state index in [9.17, 15) is 0 Å². The molecule has 3 nitrogen and oxygen atoms in total. The first-order valence-electron chi connectivity index (χ1n) is 5.49. The van der Waals surface area contributed by atoms with Crippen LogP contribution in [0.5, 0.6) is 0 Å². The van der Waals surface area contributed by atoms with E-state index in [1.807, 2.05) is 42.7 Å². The Morgan fingerprint density at radius 2 is 1.94 bits per heavy atom. The predicted molar refractivity (Wildman–Crippen MR) is 75.8 cm³/mol. The fourth-order valence-corrected chi connectivity index (χ4v) is 1.94. The first-order chi connectivity index (χ1) is 8.28. The average molecular weight is 292 g/mol. The van der Waals surface area contributed by atoms with E-state index in [0.717, 1.165) is 28.1 Å². The molecule has 0 spiro atoms. The highest BCUT2D eigenvalue weighted by molar-refractivity contribution is 9.10. The van der Waals surface area contributed by atoms with Crippen LogP contribution in [0.1, 0.15) is 6.92 Å². The van der Waals surface area contributed by atoms with Crippen LogP contribution in [0.4, 0.5) is 17.1 Å². The van der Waals surface area contributed by atoms with Gasteiger partial charge in [-0.25, -0.2) is 0 Å². The standard InChI is InChI=1S/C13H14BrN3/c1-2-16-12-7-13(9-15-8-12)17-11-5-3-4-10(14)6-11/h3-9,16-17H,2H2,1H3. The Balaban J connectivity index is 2.15. The van der Waals surface area contributed by atoms with E-state index in [0.29, 0.717) is 0 Å². The minimum Gasteiger partial charge on any atom is -0.384 e. The average Bonchev–Trinajstić information content (AvgIpc) is 2.30. The minimum atomic E-state index is 0.891. The number of hydrogen-bond donors (Lipinski definition) is 2. The predicted octanol–water partition coefficient (Wildman–Crippen LogP) is 4.02. The Labute approximate surface area is 109 Å². The van der Waals surface area contributed by atoms with E-state index in [4.69, 9.17) is 0 Å². The van der Waals surface area contributed by atoms with Crippen LogP contribution < -0.4 is 10.6 Å². The molecule has 88 valence electrons. The molecule has 1 heterocycles. The lowest BCUT2D eigenvalue weighted by Gasteiger charge is -2.08. The Bertz CT molecular complexity index is 500. The third-order valence-corrected chi connectivity index (χ3v) is 2.73. The number of nitrogens with one attached hydrogen (secondary N) is 2. The van der Waals surface area contributed by atoms with Gasteiger partial charge in [-0.3, -0.25) is 4.98 Å². The van der Waals surface area contributed by atoms with Gasteiger partial charge in [-0.15, -0.1) is 0 Å². The Hall–Kier alpha value is -1.55. The van der Waals surface area contributed by atoms with Crippen molar-refractivity contribution in [1.82, 2.24) is 4.98 Å². The zero-order valence-corrected chi connectivity index (χ0v) is 11.2. The molecular formula is C13H14BrN3. The summed E-state index contributed by atoms with van der Waals surface area (Å²) < 4.78 is 1.05. The van der Waals surface area contributed by atoms with Crippen molar-refractivity contribution in [2.75, 3.05) is 17.2 Å². The summed E-state index contributed by atoms with van der Waals surface area (Å²) >= 11 is 3.45. The van der Waals surface area contributed by atoms with Crippen molar-refractivity contribution in [3.8, 4) is 0 Å². The van der Waals surface area contributed by atoms with Crippen molar-refractivity contribution < 1.29 is 0 Å². The van der Waals surface area contributed by atoms with Crippen LogP contribution in [0, 0.1) is 0 Å². The van der Waals surface area contributed by atoms with Crippen molar-refractivity contribution in [3.63, 3.8) is 0 Å². The molecule has 0 radical (unpaired) electrons. The molecule has 4 heteroatoms. The second-order valence-electron chi connectivity index (χ2n) is 3.63. The number of aromatic nitrogens is 1. The maximum Gasteiger partial charge on any atom is 0.0591 e. The van der Waals surface area contributed by atoms with Gasteiger partial charge < -0.3 is 10.6 Å². The third-order valence-electron chi connectivity index (χ3n) is 2.23. The quantitative estimate of drug-likeness (QED) is 0.893. The summed E-state index contributed by atoms with van der Waals surface area (Å²) in [5.41, 5.74) is 3.03. The van der Waals surface area contributed by atoms with Crippen LogP contribution >= 0.6 is 15.9 Å². The third kappa shape index (κ3) is 3.46. The second kappa shape index (κ2) is 5.68. The summed E-state index contributed by atoms with van der Waals surface area (Å²) in [4.78, 5) is 4.19. The van der Waals surface area contributed by atoms with Crippen molar-refractivity contribution >= 4 is 33.0 Å². The zero-order chi connectivity index (χ0) is 12.1. The summed E-state index contributed by atoms with van der Waals surface area (Å²) in [6, 6.07) is 10.1. The molecule has 0 saturated heterocycles. The molecule has 0 amide bonds. The first kappa shape index (κ1) is 11.9. The molecule has 2 aromatic rings. The van der Waals surface area contributed by atoms with Crippen LogP contribution in [0.25, 0.3) is 0 Å². The van der Waals surface area contributed by atoms with Gasteiger partial charge in [-0.05, 0) is 31.2 Å². The molecule has 0 atom stereocenters. The Morgan fingerprint density at radius 1 is 1.12 bits per heavy atom. The summed E-state index contributed by atoms with van der Waals surface area (Å²) in [5.74, 6) is 0. The summed E-state index contributed by atoms with van der Waals surface area (Å²) in [6.07, 6.45) is 3.62. The SMILES string of the molecule is CCNc1cncc(Nc2cccc(Br)c2)c1. The first-order valence-corrected chi connectivity index (χ1v) is 6.29. The molecule has 2 N–H and O–H groups in total. The van der Waals surface area contributed by atoms with Gasteiger partial charge in [0.15, 0.2) is 0 Å². The number of halogens is 1. The summed E-state index contributed by atoms with van der Waals surface area (Å²) in [7, 11) is 0. The van der Waals surface area contributed by atoms with Gasteiger partial charge in [-0.2, -0.15) is 0 Å². The van der Waals surface area contributed by atoms with E-state index < -0.39 is 0 Å². The minimum absolute atomic E-state index is 0.891. The van der Waals surface area contributed by atoms with Gasteiger partial charge >= 0.3 is 0 Å². The molecule has 0 unspecified atom stereocenters. The Morgan fingerprint density at radius 3 is 2.71 bits per heavy atom. The fraction of sp³-hybridized carbons (Fsp3) is 0.154. The smallest absolute Gasteiger partial charge is 0.0591 e. The lowest BCUT2D eigenvalue weighted by Crippen LogP contribution is -1.98. The van der Waals surface area contributed by atoms with Gasteiger partial charge in [-0.1, -0.05) is 22.0 Å². The molecule has 0 aliphatic carbocycles. The van der Waals surface area contributed by atoms with Gasteiger partial charge in [0, 0.05) is 16.7 Å². The molecule has 17 heavy (non-hydrogen) atoms. The number of anilines is 3. The topological polar surface area (TPSA) is 37.0 Å².